The van der Waals surface area contributed by atoms with Gasteiger partial charge in [-0.05, 0) is 42.9 Å². The number of piperidine rings is 1. The highest BCUT2D eigenvalue weighted by Crippen LogP contribution is 2.16. The first kappa shape index (κ1) is 15.4. The minimum absolute atomic E-state index is 0.198. The molecule has 1 aromatic carbocycles. The molecule has 0 atom stereocenters. The second kappa shape index (κ2) is 7.17. The molecule has 0 unspecified atom stereocenters. The number of nitrogens with zero attached hydrogens (tertiary/aromatic N) is 1. The fourth-order valence-corrected chi connectivity index (χ4v) is 2.64. The lowest BCUT2D eigenvalue weighted by atomic mass is 9.79. The minimum atomic E-state index is -1.63. The number of hydrogen-bond donors (Lipinski definition) is 2. The molecule has 0 aromatic heterocycles. The molecule has 2 rings (SSSR count). The van der Waals surface area contributed by atoms with Crippen molar-refractivity contribution in [3.05, 3.63) is 29.6 Å². The maximum Gasteiger partial charge on any atom is 0.488 e. The highest BCUT2D eigenvalue weighted by atomic mass is 19.1. The molecular weight excluding hydrogens is 260 g/mol. The van der Waals surface area contributed by atoms with Gasteiger partial charge in [-0.15, -0.1) is 0 Å². The predicted molar refractivity (Wildman–Crippen MR) is 76.2 cm³/mol. The fourth-order valence-electron chi connectivity index (χ4n) is 2.64. The van der Waals surface area contributed by atoms with Gasteiger partial charge in [-0.3, -0.25) is 4.90 Å². The van der Waals surface area contributed by atoms with E-state index in [1.807, 2.05) is 6.92 Å². The van der Waals surface area contributed by atoms with Gasteiger partial charge in [0.05, 0.1) is 6.10 Å². The Morgan fingerprint density at radius 1 is 1.30 bits per heavy atom. The van der Waals surface area contributed by atoms with Crippen molar-refractivity contribution in [2.24, 2.45) is 0 Å². The first-order valence-electron chi connectivity index (χ1n) is 7.08. The van der Waals surface area contributed by atoms with Crippen LogP contribution in [0.1, 0.15) is 25.3 Å². The van der Waals surface area contributed by atoms with Crippen LogP contribution in [0.15, 0.2) is 18.2 Å². The zero-order valence-corrected chi connectivity index (χ0v) is 11.8. The van der Waals surface area contributed by atoms with Crippen molar-refractivity contribution < 1.29 is 19.2 Å². The highest BCUT2D eigenvalue weighted by molar-refractivity contribution is 6.58. The van der Waals surface area contributed by atoms with Gasteiger partial charge in [-0.25, -0.2) is 4.39 Å². The lowest BCUT2D eigenvalue weighted by molar-refractivity contribution is 0.0125. The van der Waals surface area contributed by atoms with Gasteiger partial charge in [-0.2, -0.15) is 0 Å². The molecule has 0 aliphatic carbocycles. The largest absolute Gasteiger partial charge is 0.488 e. The lowest BCUT2D eigenvalue weighted by Gasteiger charge is -2.31. The van der Waals surface area contributed by atoms with E-state index in [2.05, 4.69) is 4.90 Å². The molecule has 1 heterocycles. The van der Waals surface area contributed by atoms with Crippen LogP contribution in [0, 0.1) is 5.82 Å². The molecule has 2 N–H and O–H groups in total. The molecule has 20 heavy (non-hydrogen) atoms. The zero-order valence-electron chi connectivity index (χ0n) is 11.8. The molecule has 6 heteroatoms. The molecule has 0 bridgehead atoms. The van der Waals surface area contributed by atoms with Crippen LogP contribution in [-0.4, -0.2) is 47.9 Å². The average molecular weight is 281 g/mol. The average Bonchev–Trinajstić information content (AvgIpc) is 2.40. The van der Waals surface area contributed by atoms with E-state index in [4.69, 9.17) is 14.8 Å². The molecule has 0 amide bonds. The second-order valence-electron chi connectivity index (χ2n) is 5.20. The molecule has 1 aliphatic rings. The van der Waals surface area contributed by atoms with Crippen LogP contribution in [0.5, 0.6) is 0 Å². The normalized spacial score (nSPS) is 17.4. The Morgan fingerprint density at radius 3 is 2.60 bits per heavy atom. The fraction of sp³-hybridized carbons (Fsp3) is 0.571. The first-order chi connectivity index (χ1) is 9.58. The SMILES string of the molecule is CCOC1CCN(Cc2cc(F)cc(B(O)O)c2)CC1. The summed E-state index contributed by atoms with van der Waals surface area (Å²) in [5, 5.41) is 18.3. The third-order valence-electron chi connectivity index (χ3n) is 3.62. The number of ether oxygens (including phenoxy) is 1. The van der Waals surface area contributed by atoms with Gasteiger partial charge in [0, 0.05) is 26.2 Å². The van der Waals surface area contributed by atoms with Gasteiger partial charge >= 0.3 is 7.12 Å². The van der Waals surface area contributed by atoms with Gasteiger partial charge in [0.15, 0.2) is 0 Å². The van der Waals surface area contributed by atoms with E-state index in [1.54, 1.807) is 6.07 Å². The Kier molecular flexibility index (Phi) is 5.54. The third kappa shape index (κ3) is 4.28. The van der Waals surface area contributed by atoms with Gasteiger partial charge in [0.2, 0.25) is 0 Å². The Bertz CT molecular complexity index is 436. The molecule has 0 saturated carbocycles. The quantitative estimate of drug-likeness (QED) is 0.772. The van der Waals surface area contributed by atoms with Crippen molar-refractivity contribution in [3.63, 3.8) is 0 Å². The Balaban J connectivity index is 1.94. The van der Waals surface area contributed by atoms with E-state index >= 15 is 0 Å². The predicted octanol–water partition coefficient (Wildman–Crippen LogP) is 0.506. The second-order valence-corrected chi connectivity index (χ2v) is 5.20. The number of hydrogen-bond acceptors (Lipinski definition) is 4. The summed E-state index contributed by atoms with van der Waals surface area (Å²) in [5.41, 5.74) is 0.965. The van der Waals surface area contributed by atoms with Crippen LogP contribution in [0.2, 0.25) is 0 Å². The van der Waals surface area contributed by atoms with E-state index in [0.29, 0.717) is 12.6 Å². The molecule has 0 spiro atoms. The number of rotatable bonds is 5. The summed E-state index contributed by atoms with van der Waals surface area (Å²) in [6.45, 7) is 5.19. The number of halogens is 1. The monoisotopic (exact) mass is 281 g/mol. The van der Waals surface area contributed by atoms with E-state index < -0.39 is 12.9 Å². The molecule has 1 aliphatic heterocycles. The zero-order chi connectivity index (χ0) is 14.5. The van der Waals surface area contributed by atoms with Crippen LogP contribution >= 0.6 is 0 Å². The molecule has 1 aromatic rings. The highest BCUT2D eigenvalue weighted by Gasteiger charge is 2.20. The van der Waals surface area contributed by atoms with Gasteiger partial charge in [0.1, 0.15) is 5.82 Å². The van der Waals surface area contributed by atoms with Gasteiger partial charge < -0.3 is 14.8 Å². The van der Waals surface area contributed by atoms with Gasteiger partial charge in [-0.1, -0.05) is 6.07 Å². The number of benzene rings is 1. The van der Waals surface area contributed by atoms with E-state index in [9.17, 15) is 4.39 Å². The van der Waals surface area contributed by atoms with E-state index in [1.165, 1.54) is 6.07 Å². The standard InChI is InChI=1S/C14H21BFNO3/c1-2-20-14-3-5-17(6-4-14)10-11-7-12(15(18)19)9-13(16)8-11/h7-9,14,18-19H,2-6,10H2,1H3. The summed E-state index contributed by atoms with van der Waals surface area (Å²) in [4.78, 5) is 2.23. The van der Waals surface area contributed by atoms with E-state index in [0.717, 1.165) is 44.2 Å². The Morgan fingerprint density at radius 2 is 2.00 bits per heavy atom. The summed E-state index contributed by atoms with van der Waals surface area (Å²) >= 11 is 0. The van der Waals surface area contributed by atoms with Crippen LogP contribution < -0.4 is 5.46 Å². The summed E-state index contributed by atoms with van der Waals surface area (Å²) in [6.07, 6.45) is 2.30. The summed E-state index contributed by atoms with van der Waals surface area (Å²) in [6, 6.07) is 4.23. The lowest BCUT2D eigenvalue weighted by Crippen LogP contribution is -2.37. The Labute approximate surface area is 119 Å². The molecular formula is C14H21BFNO3. The van der Waals surface area contributed by atoms with Crippen LogP contribution in [-0.2, 0) is 11.3 Å². The molecule has 1 saturated heterocycles. The molecule has 0 radical (unpaired) electrons. The number of likely N-dealkylation sites (tertiary alicyclic amines) is 1. The summed E-state index contributed by atoms with van der Waals surface area (Å²) < 4.78 is 19.0. The molecule has 110 valence electrons. The maximum absolute atomic E-state index is 13.4. The van der Waals surface area contributed by atoms with Crippen LogP contribution in [0.25, 0.3) is 0 Å². The molecule has 1 fully saturated rings. The van der Waals surface area contributed by atoms with Crippen molar-refractivity contribution in [2.75, 3.05) is 19.7 Å². The third-order valence-corrected chi connectivity index (χ3v) is 3.62. The van der Waals surface area contributed by atoms with Crippen LogP contribution in [0.3, 0.4) is 0 Å². The topological polar surface area (TPSA) is 52.9 Å². The summed E-state index contributed by atoms with van der Waals surface area (Å²) in [5.74, 6) is -0.435. The van der Waals surface area contributed by atoms with Crippen molar-refractivity contribution >= 4 is 12.6 Å². The van der Waals surface area contributed by atoms with Crippen LogP contribution in [0.4, 0.5) is 4.39 Å². The van der Waals surface area contributed by atoms with Crippen molar-refractivity contribution in [3.8, 4) is 0 Å². The van der Waals surface area contributed by atoms with Crippen molar-refractivity contribution in [1.29, 1.82) is 0 Å². The minimum Gasteiger partial charge on any atom is -0.423 e. The smallest absolute Gasteiger partial charge is 0.423 e. The van der Waals surface area contributed by atoms with E-state index in [-0.39, 0.29) is 5.46 Å². The first-order valence-corrected chi connectivity index (χ1v) is 7.08. The Hall–Kier alpha value is -0.945. The van der Waals surface area contributed by atoms with Gasteiger partial charge in [0.25, 0.3) is 0 Å². The van der Waals surface area contributed by atoms with Crippen molar-refractivity contribution in [1.82, 2.24) is 4.90 Å². The maximum atomic E-state index is 13.4. The molecule has 4 nitrogen and oxygen atoms in total. The van der Waals surface area contributed by atoms with Crippen molar-refractivity contribution in [2.45, 2.75) is 32.4 Å². The summed E-state index contributed by atoms with van der Waals surface area (Å²) in [7, 11) is -1.63.